The number of likely N-dealkylation sites (tertiary alicyclic amines) is 1. The predicted molar refractivity (Wildman–Crippen MR) is 190 cm³/mol. The number of carbonyl (C=O) groups is 5. The Morgan fingerprint density at radius 3 is 2.38 bits per heavy atom. The van der Waals surface area contributed by atoms with Gasteiger partial charge in [0.15, 0.2) is 6.10 Å². The highest BCUT2D eigenvalue weighted by Gasteiger charge is 2.45. The lowest BCUT2D eigenvalue weighted by Gasteiger charge is -2.33. The number of terminal acetylenes is 1. The van der Waals surface area contributed by atoms with E-state index in [1.807, 2.05) is 0 Å². The molecule has 8 N–H and O–H groups in total. The number of urea groups is 1. The van der Waals surface area contributed by atoms with Crippen molar-refractivity contribution in [1.29, 1.82) is 0 Å². The normalized spacial score (nSPS) is 19.8. The van der Waals surface area contributed by atoms with Crippen LogP contribution in [0.4, 0.5) is 9.59 Å². The second kappa shape index (κ2) is 18.9. The Bertz CT molecular complexity index is 1420. The first-order chi connectivity index (χ1) is 24.4. The Hall–Kier alpha value is -4.43. The van der Waals surface area contributed by atoms with Gasteiger partial charge in [-0.15, -0.1) is 11.5 Å². The number of nitrogens with two attached hydrogens (primary N) is 1. The summed E-state index contributed by atoms with van der Waals surface area (Å²) in [6.07, 6.45) is 10.4. The number of rotatable bonds is 16. The van der Waals surface area contributed by atoms with E-state index in [-0.39, 0.29) is 38.4 Å². The first-order valence-electron chi connectivity index (χ1n) is 18.1. The van der Waals surface area contributed by atoms with Crippen LogP contribution >= 0.6 is 0 Å². The van der Waals surface area contributed by atoms with Crippen molar-refractivity contribution in [3.63, 3.8) is 0 Å². The third kappa shape index (κ3) is 12.7. The number of amides is 6. The van der Waals surface area contributed by atoms with Crippen molar-refractivity contribution in [2.75, 3.05) is 19.6 Å². The van der Waals surface area contributed by atoms with Gasteiger partial charge in [-0.25, -0.2) is 14.3 Å². The first kappa shape index (κ1) is 42.0. The molecule has 5 atom stereocenters. The average molecular weight is 732 g/mol. The van der Waals surface area contributed by atoms with Crippen molar-refractivity contribution >= 4 is 29.8 Å². The Morgan fingerprint density at radius 2 is 1.77 bits per heavy atom. The molecule has 0 bridgehead atoms. The summed E-state index contributed by atoms with van der Waals surface area (Å²) in [4.78, 5) is 67.0. The molecule has 1 saturated heterocycles. The van der Waals surface area contributed by atoms with E-state index >= 15 is 0 Å². The molecule has 290 valence electrons. The van der Waals surface area contributed by atoms with Crippen LogP contribution in [-0.4, -0.2) is 109 Å². The highest BCUT2D eigenvalue weighted by Crippen LogP contribution is 2.33. The third-order valence-corrected chi connectivity index (χ3v) is 9.27. The number of aliphatic hydroxyl groups excluding tert-OH is 1. The molecule has 1 aliphatic heterocycles. The van der Waals surface area contributed by atoms with Crippen LogP contribution < -0.4 is 27.0 Å². The molecule has 6 amide bonds. The number of nitrogens with one attached hydrogen (secondary N) is 4. The number of aromatic nitrogens is 3. The van der Waals surface area contributed by atoms with Crippen LogP contribution in [0.1, 0.15) is 111 Å². The van der Waals surface area contributed by atoms with Gasteiger partial charge in [0, 0.05) is 19.5 Å². The minimum absolute atomic E-state index is 0.00300. The minimum Gasteiger partial charge on any atom is -0.444 e. The number of hydrogen-bond acceptors (Lipinski definition) is 10. The molecule has 1 aliphatic carbocycles. The molecule has 2 unspecified atom stereocenters. The number of aliphatic hydroxyl groups is 2. The molecule has 52 heavy (non-hydrogen) atoms. The number of alkyl carbamates (subject to hydrolysis) is 1. The zero-order valence-electron chi connectivity index (χ0n) is 31.0. The summed E-state index contributed by atoms with van der Waals surface area (Å²) < 4.78 is 7.00. The molecule has 1 aromatic rings. The molecule has 0 aromatic carbocycles. The van der Waals surface area contributed by atoms with Gasteiger partial charge in [-0.1, -0.05) is 43.2 Å². The van der Waals surface area contributed by atoms with Crippen molar-refractivity contribution < 1.29 is 38.9 Å². The van der Waals surface area contributed by atoms with E-state index in [2.05, 4.69) is 37.5 Å². The summed E-state index contributed by atoms with van der Waals surface area (Å²) >= 11 is 0. The second-order valence-corrected chi connectivity index (χ2v) is 15.2. The number of ether oxygens (including phenoxy) is 1. The lowest BCUT2D eigenvalue weighted by atomic mass is 9.84. The summed E-state index contributed by atoms with van der Waals surface area (Å²) in [5.41, 5.74) is 3.66. The number of nitrogens with zero attached hydrogens (tertiary/aromatic N) is 4. The zero-order valence-corrected chi connectivity index (χ0v) is 31.0. The third-order valence-electron chi connectivity index (χ3n) is 9.27. The SMILES string of the molecule is C#CCNC(=O)NCCCCC(NC(=O)[C@@H]1C[C@H](n2nncc2C(C)(C)O)CN1C(=O)[C@@H](CC1CCCCC1)NC(=O)OC(C)(C)C)C(O)C(N)=O. The van der Waals surface area contributed by atoms with E-state index in [1.165, 1.54) is 15.8 Å². The number of hydrogen-bond donors (Lipinski definition) is 7. The van der Waals surface area contributed by atoms with E-state index < -0.39 is 71.3 Å². The van der Waals surface area contributed by atoms with Crippen LogP contribution in [0.25, 0.3) is 0 Å². The van der Waals surface area contributed by atoms with Gasteiger partial charge in [-0.05, 0) is 66.2 Å². The second-order valence-electron chi connectivity index (χ2n) is 15.2. The monoisotopic (exact) mass is 731 g/mol. The molecule has 1 saturated carbocycles. The van der Waals surface area contributed by atoms with Crippen LogP contribution in [-0.2, 0) is 24.7 Å². The number of carbonyl (C=O) groups excluding carboxylic acids is 5. The topological polar surface area (TPSA) is 243 Å². The first-order valence-corrected chi connectivity index (χ1v) is 18.1. The van der Waals surface area contributed by atoms with Gasteiger partial charge in [-0.2, -0.15) is 0 Å². The van der Waals surface area contributed by atoms with E-state index in [9.17, 15) is 34.2 Å². The van der Waals surface area contributed by atoms with Gasteiger partial charge in [-0.3, -0.25) is 14.4 Å². The summed E-state index contributed by atoms with van der Waals surface area (Å²) in [6, 6.07) is -4.26. The fraction of sp³-hybridized carbons (Fsp3) is 0.743. The molecule has 2 aliphatic rings. The van der Waals surface area contributed by atoms with Crippen LogP contribution in [0.3, 0.4) is 0 Å². The van der Waals surface area contributed by atoms with E-state index in [4.69, 9.17) is 16.9 Å². The summed E-state index contributed by atoms with van der Waals surface area (Å²) in [6.45, 7) is 8.65. The van der Waals surface area contributed by atoms with Gasteiger partial charge in [0.05, 0.1) is 30.5 Å². The highest BCUT2D eigenvalue weighted by molar-refractivity contribution is 5.92. The van der Waals surface area contributed by atoms with Gasteiger partial charge < -0.3 is 46.9 Å². The van der Waals surface area contributed by atoms with E-state index in [1.54, 1.807) is 34.6 Å². The molecular formula is C35H57N9O8. The van der Waals surface area contributed by atoms with Crippen molar-refractivity contribution in [2.45, 2.75) is 140 Å². The van der Waals surface area contributed by atoms with Gasteiger partial charge in [0.1, 0.15) is 23.3 Å². The quantitative estimate of drug-likeness (QED) is 0.0938. The Kier molecular flexibility index (Phi) is 15.2. The van der Waals surface area contributed by atoms with E-state index in [0.717, 1.165) is 32.1 Å². The fourth-order valence-electron chi connectivity index (χ4n) is 6.73. The average Bonchev–Trinajstić information content (AvgIpc) is 3.74. The molecular weight excluding hydrogens is 674 g/mol. The molecule has 2 heterocycles. The lowest BCUT2D eigenvalue weighted by molar-refractivity contribution is -0.141. The smallest absolute Gasteiger partial charge is 0.408 e. The molecule has 2 fully saturated rings. The Balaban J connectivity index is 1.88. The van der Waals surface area contributed by atoms with Crippen molar-refractivity contribution in [2.24, 2.45) is 11.7 Å². The molecule has 1 aromatic heterocycles. The van der Waals surface area contributed by atoms with Crippen molar-refractivity contribution in [3.05, 3.63) is 11.9 Å². The standard InChI is InChI=1S/C35H57N9O8/c1-7-16-37-32(49)38-17-12-11-15-24(28(45)29(36)46)40-30(47)26-19-23(44-27(20-39-42-44)35(5,6)51)21-43(26)31(48)25(18-22-13-9-8-10-14-22)41-33(50)52-34(2,3)4/h1,20,22-26,28,45,51H,8-19,21H2,2-6H3,(H2,36,46)(H,40,47)(H,41,50)(H2,37,38,49)/t23-,24?,25+,26-,28?/m0/s1. The fourth-order valence-corrected chi connectivity index (χ4v) is 6.73. The predicted octanol–water partition coefficient (Wildman–Crippen LogP) is 0.945. The summed E-state index contributed by atoms with van der Waals surface area (Å²) in [7, 11) is 0. The maximum absolute atomic E-state index is 14.5. The number of unbranched alkanes of at least 4 members (excludes halogenated alkanes) is 1. The zero-order chi connectivity index (χ0) is 38.6. The van der Waals surface area contributed by atoms with Gasteiger partial charge >= 0.3 is 12.1 Å². The largest absolute Gasteiger partial charge is 0.444 e. The molecule has 0 radical (unpaired) electrons. The molecule has 17 nitrogen and oxygen atoms in total. The lowest BCUT2D eigenvalue weighted by Crippen LogP contribution is -2.57. The van der Waals surface area contributed by atoms with Crippen molar-refractivity contribution in [1.82, 2.24) is 41.2 Å². The molecule has 0 spiro atoms. The maximum Gasteiger partial charge on any atom is 0.408 e. The highest BCUT2D eigenvalue weighted by atomic mass is 16.6. The van der Waals surface area contributed by atoms with Gasteiger partial charge in [0.25, 0.3) is 0 Å². The summed E-state index contributed by atoms with van der Waals surface area (Å²) in [5.74, 6) is 0.290. The molecule has 3 rings (SSSR count). The van der Waals surface area contributed by atoms with Crippen LogP contribution in [0.5, 0.6) is 0 Å². The Morgan fingerprint density at radius 1 is 1.08 bits per heavy atom. The van der Waals surface area contributed by atoms with Crippen LogP contribution in [0, 0.1) is 18.3 Å². The van der Waals surface area contributed by atoms with Crippen molar-refractivity contribution in [3.8, 4) is 12.3 Å². The van der Waals surface area contributed by atoms with E-state index in [0.29, 0.717) is 25.0 Å². The number of primary amides is 1. The Labute approximate surface area is 305 Å². The maximum atomic E-state index is 14.5. The summed E-state index contributed by atoms with van der Waals surface area (Å²) in [5, 5.41) is 40.3. The van der Waals surface area contributed by atoms with Crippen LogP contribution in [0.15, 0.2) is 6.20 Å². The minimum atomic E-state index is -1.73. The molecule has 17 heteroatoms. The van der Waals surface area contributed by atoms with Crippen LogP contribution in [0.2, 0.25) is 0 Å². The van der Waals surface area contributed by atoms with Gasteiger partial charge in [0.2, 0.25) is 17.7 Å².